The van der Waals surface area contributed by atoms with Crippen LogP contribution in [0.4, 0.5) is 0 Å². The van der Waals surface area contributed by atoms with Crippen LogP contribution in [0.1, 0.15) is 42.7 Å². The van der Waals surface area contributed by atoms with Gasteiger partial charge in [0.25, 0.3) is 5.91 Å². The first-order valence-corrected chi connectivity index (χ1v) is 10.8. The van der Waals surface area contributed by atoms with E-state index in [9.17, 15) is 9.59 Å². The number of halogens is 2. The van der Waals surface area contributed by atoms with E-state index >= 15 is 0 Å². The highest BCUT2D eigenvalue weighted by molar-refractivity contribution is 6.35. The van der Waals surface area contributed by atoms with Gasteiger partial charge in [-0.1, -0.05) is 23.2 Å². The van der Waals surface area contributed by atoms with E-state index in [1.54, 1.807) is 30.3 Å². The maximum Gasteiger partial charge on any atom is 0.287 e. The number of carbonyl (C=O) groups is 2. The summed E-state index contributed by atoms with van der Waals surface area (Å²) in [6, 6.07) is 8.62. The molecule has 0 aliphatic heterocycles. The molecule has 0 spiro atoms. The van der Waals surface area contributed by atoms with E-state index in [1.807, 2.05) is 0 Å². The maximum atomic E-state index is 12.9. The largest absolute Gasteiger partial charge is 0.451 e. The number of rotatable bonds is 4. The zero-order valence-electron chi connectivity index (χ0n) is 15.8. The molecule has 0 radical (unpaired) electrons. The third-order valence-electron chi connectivity index (χ3n) is 7.07. The number of hydrogen-bond acceptors (Lipinski definition) is 3. The zero-order chi connectivity index (χ0) is 20.3. The number of nitrogens with two attached hydrogens (primary N) is 1. The average molecular weight is 433 g/mol. The van der Waals surface area contributed by atoms with Crippen molar-refractivity contribution in [1.29, 1.82) is 0 Å². The molecule has 6 rings (SSSR count). The van der Waals surface area contributed by atoms with Gasteiger partial charge in [-0.3, -0.25) is 9.59 Å². The second-order valence-electron chi connectivity index (χ2n) is 8.94. The van der Waals surface area contributed by atoms with E-state index in [0.717, 1.165) is 37.7 Å². The number of nitrogens with one attached hydrogen (secondary N) is 1. The van der Waals surface area contributed by atoms with Crippen LogP contribution in [0.15, 0.2) is 34.7 Å². The normalized spacial score (nSPS) is 32.3. The Kier molecular flexibility index (Phi) is 4.44. The van der Waals surface area contributed by atoms with Crippen LogP contribution in [0.2, 0.25) is 10.0 Å². The van der Waals surface area contributed by atoms with Crippen molar-refractivity contribution in [3.05, 3.63) is 46.1 Å². The van der Waals surface area contributed by atoms with Crippen LogP contribution in [0.25, 0.3) is 11.3 Å². The Morgan fingerprint density at radius 2 is 1.69 bits per heavy atom. The van der Waals surface area contributed by atoms with Crippen molar-refractivity contribution in [2.24, 2.45) is 28.9 Å². The van der Waals surface area contributed by atoms with Crippen LogP contribution < -0.4 is 11.1 Å². The van der Waals surface area contributed by atoms with Gasteiger partial charge >= 0.3 is 0 Å². The number of hydrogen-bond donors (Lipinski definition) is 2. The average Bonchev–Trinajstić information content (AvgIpc) is 3.13. The summed E-state index contributed by atoms with van der Waals surface area (Å²) in [5.41, 5.74) is 6.11. The molecule has 4 aliphatic rings. The Balaban J connectivity index is 1.33. The smallest absolute Gasteiger partial charge is 0.287 e. The van der Waals surface area contributed by atoms with Gasteiger partial charge in [-0.15, -0.1) is 0 Å². The quantitative estimate of drug-likeness (QED) is 0.735. The molecule has 1 aromatic carbocycles. The van der Waals surface area contributed by atoms with E-state index in [4.69, 9.17) is 33.4 Å². The van der Waals surface area contributed by atoms with Crippen LogP contribution in [0.5, 0.6) is 0 Å². The van der Waals surface area contributed by atoms with Crippen LogP contribution >= 0.6 is 23.2 Å². The van der Waals surface area contributed by atoms with Crippen LogP contribution in [-0.2, 0) is 4.79 Å². The number of carbonyl (C=O) groups excluding carboxylic acids is 2. The van der Waals surface area contributed by atoms with Gasteiger partial charge in [0.1, 0.15) is 5.76 Å². The minimum absolute atomic E-state index is 0.0701. The van der Waals surface area contributed by atoms with Gasteiger partial charge in [0.2, 0.25) is 5.91 Å². The molecule has 4 bridgehead atoms. The molecule has 1 aromatic heterocycles. The monoisotopic (exact) mass is 432 g/mol. The first-order valence-electron chi connectivity index (χ1n) is 10.00. The fourth-order valence-electron chi connectivity index (χ4n) is 6.10. The molecular weight excluding hydrogens is 411 g/mol. The molecule has 2 aromatic rings. The molecule has 4 saturated carbocycles. The Hall–Kier alpha value is -1.98. The van der Waals surface area contributed by atoms with Crippen LogP contribution in [0, 0.1) is 23.2 Å². The number of amides is 2. The van der Waals surface area contributed by atoms with Gasteiger partial charge in [0.15, 0.2) is 5.76 Å². The van der Waals surface area contributed by atoms with Crippen molar-refractivity contribution in [3.63, 3.8) is 0 Å². The van der Waals surface area contributed by atoms with E-state index in [2.05, 4.69) is 5.32 Å². The highest BCUT2D eigenvalue weighted by Crippen LogP contribution is 2.59. The van der Waals surface area contributed by atoms with Crippen LogP contribution in [-0.4, -0.2) is 17.9 Å². The molecule has 5 nitrogen and oxygen atoms in total. The van der Waals surface area contributed by atoms with Gasteiger partial charge in [-0.2, -0.15) is 0 Å². The van der Waals surface area contributed by atoms with Gasteiger partial charge < -0.3 is 15.5 Å². The van der Waals surface area contributed by atoms with Crippen molar-refractivity contribution in [1.82, 2.24) is 5.32 Å². The van der Waals surface area contributed by atoms with E-state index in [1.165, 1.54) is 0 Å². The minimum Gasteiger partial charge on any atom is -0.451 e. The topological polar surface area (TPSA) is 85.3 Å². The van der Waals surface area contributed by atoms with Crippen molar-refractivity contribution in [2.45, 2.75) is 38.1 Å². The van der Waals surface area contributed by atoms with Crippen molar-refractivity contribution < 1.29 is 14.0 Å². The lowest BCUT2D eigenvalue weighted by molar-refractivity contribution is -0.145. The lowest BCUT2D eigenvalue weighted by Crippen LogP contribution is -2.62. The summed E-state index contributed by atoms with van der Waals surface area (Å²) in [6.45, 7) is 0. The molecule has 2 atom stereocenters. The lowest BCUT2D eigenvalue weighted by Gasteiger charge is -2.58. The molecular formula is C22H22Cl2N2O3. The molecule has 3 N–H and O–H groups in total. The van der Waals surface area contributed by atoms with E-state index in [0.29, 0.717) is 33.6 Å². The minimum atomic E-state index is -0.360. The Morgan fingerprint density at radius 1 is 1.03 bits per heavy atom. The summed E-state index contributed by atoms with van der Waals surface area (Å²) in [7, 11) is 0. The summed E-state index contributed by atoms with van der Waals surface area (Å²) in [4.78, 5) is 25.0. The van der Waals surface area contributed by atoms with Gasteiger partial charge in [0.05, 0.1) is 0 Å². The summed E-state index contributed by atoms with van der Waals surface area (Å²) in [6.07, 6.45) is 4.59. The SMILES string of the molecule is NC(=O)[C@]12CC3CC(C1)[C@@H](NC(=O)c1ccc(-c4cc(Cl)cc(Cl)c4)o1)C(C3)C2. The first-order chi connectivity index (χ1) is 13.8. The number of benzene rings is 1. The van der Waals surface area contributed by atoms with E-state index in [-0.39, 0.29) is 29.0 Å². The molecule has 4 aliphatic carbocycles. The van der Waals surface area contributed by atoms with Crippen molar-refractivity contribution in [2.75, 3.05) is 0 Å². The molecule has 2 amide bonds. The van der Waals surface area contributed by atoms with Crippen molar-refractivity contribution >= 4 is 35.0 Å². The molecule has 0 saturated heterocycles. The molecule has 2 unspecified atom stereocenters. The maximum absolute atomic E-state index is 12.9. The fourth-order valence-corrected chi connectivity index (χ4v) is 6.62. The second-order valence-corrected chi connectivity index (χ2v) is 9.81. The third kappa shape index (κ3) is 3.24. The Labute approximate surface area is 178 Å². The van der Waals surface area contributed by atoms with E-state index < -0.39 is 0 Å². The molecule has 4 fully saturated rings. The number of furan rings is 1. The predicted molar refractivity (Wildman–Crippen MR) is 111 cm³/mol. The highest BCUT2D eigenvalue weighted by Gasteiger charge is 2.58. The molecule has 1 heterocycles. The zero-order valence-corrected chi connectivity index (χ0v) is 17.3. The van der Waals surface area contributed by atoms with Gasteiger partial charge in [-0.05, 0) is 80.2 Å². The van der Waals surface area contributed by atoms with Gasteiger partial charge in [0, 0.05) is 27.1 Å². The summed E-state index contributed by atoms with van der Waals surface area (Å²) in [5.74, 6) is 1.56. The molecule has 152 valence electrons. The highest BCUT2D eigenvalue weighted by atomic mass is 35.5. The standard InChI is InChI=1S/C22H22Cl2N2O3/c23-15-5-12(6-16(24)7-15)17-1-2-18(29-17)20(27)26-19-13-3-11-4-14(19)10-22(8-11,9-13)21(25)28/h1-2,5-7,11,13-14,19H,3-4,8-10H2,(H2,25,28)(H,26,27)/t11?,13?,14?,19-,22-. The first kappa shape index (κ1) is 19.0. The summed E-state index contributed by atoms with van der Waals surface area (Å²) >= 11 is 12.1. The Morgan fingerprint density at radius 3 is 2.31 bits per heavy atom. The summed E-state index contributed by atoms with van der Waals surface area (Å²) < 4.78 is 5.79. The number of primary amides is 1. The molecule has 7 heteroatoms. The van der Waals surface area contributed by atoms with Gasteiger partial charge in [-0.25, -0.2) is 0 Å². The summed E-state index contributed by atoms with van der Waals surface area (Å²) in [5, 5.41) is 4.20. The lowest BCUT2D eigenvalue weighted by atomic mass is 9.47. The molecule has 29 heavy (non-hydrogen) atoms. The predicted octanol–water partition coefficient (Wildman–Crippen LogP) is 4.66. The fraction of sp³-hybridized carbons (Fsp3) is 0.455. The third-order valence-corrected chi connectivity index (χ3v) is 7.51. The van der Waals surface area contributed by atoms with Crippen LogP contribution in [0.3, 0.4) is 0 Å². The Bertz CT molecular complexity index is 965. The van der Waals surface area contributed by atoms with Crippen molar-refractivity contribution in [3.8, 4) is 11.3 Å². The second kappa shape index (κ2) is 6.78.